The van der Waals surface area contributed by atoms with Crippen LogP contribution in [0, 0.1) is 12.7 Å². The van der Waals surface area contributed by atoms with Crippen molar-refractivity contribution in [2.24, 2.45) is 0 Å². The SMILES string of the molecule is CCNCc1nnc(Nc2cccc(F)c2C)o1. The molecule has 1 aromatic carbocycles. The van der Waals surface area contributed by atoms with Gasteiger partial charge in [-0.2, -0.15) is 0 Å². The summed E-state index contributed by atoms with van der Waals surface area (Å²) in [6, 6.07) is 5.05. The average molecular weight is 250 g/mol. The van der Waals surface area contributed by atoms with Gasteiger partial charge < -0.3 is 15.1 Å². The fraction of sp³-hybridized carbons (Fsp3) is 0.333. The Kier molecular flexibility index (Phi) is 3.88. The number of halogens is 1. The predicted octanol–water partition coefficient (Wildman–Crippen LogP) is 2.37. The molecular weight excluding hydrogens is 235 g/mol. The lowest BCUT2D eigenvalue weighted by molar-refractivity contribution is 0.484. The highest BCUT2D eigenvalue weighted by Gasteiger charge is 2.08. The predicted molar refractivity (Wildman–Crippen MR) is 66.1 cm³/mol. The maximum atomic E-state index is 13.3. The Bertz CT molecular complexity index is 527. The first-order valence-corrected chi connectivity index (χ1v) is 5.76. The largest absolute Gasteiger partial charge is 0.406 e. The highest BCUT2D eigenvalue weighted by molar-refractivity contribution is 5.57. The number of hydrogen-bond donors (Lipinski definition) is 2. The maximum absolute atomic E-state index is 13.3. The number of anilines is 2. The van der Waals surface area contributed by atoms with Gasteiger partial charge in [0.05, 0.1) is 6.54 Å². The molecule has 2 aromatic rings. The fourth-order valence-corrected chi connectivity index (χ4v) is 1.47. The van der Waals surface area contributed by atoms with Crippen molar-refractivity contribution >= 4 is 11.7 Å². The number of nitrogens with one attached hydrogen (secondary N) is 2. The molecule has 2 N–H and O–H groups in total. The van der Waals surface area contributed by atoms with Crippen molar-refractivity contribution in [3.8, 4) is 0 Å². The third-order valence-electron chi connectivity index (χ3n) is 2.50. The van der Waals surface area contributed by atoms with Crippen molar-refractivity contribution in [2.75, 3.05) is 11.9 Å². The molecule has 0 atom stereocenters. The molecule has 2 rings (SSSR count). The zero-order chi connectivity index (χ0) is 13.0. The van der Waals surface area contributed by atoms with Crippen molar-refractivity contribution in [2.45, 2.75) is 20.4 Å². The van der Waals surface area contributed by atoms with Gasteiger partial charge in [-0.25, -0.2) is 4.39 Å². The Morgan fingerprint density at radius 1 is 1.33 bits per heavy atom. The average Bonchev–Trinajstić information content (AvgIpc) is 2.80. The molecule has 5 nitrogen and oxygen atoms in total. The lowest BCUT2D eigenvalue weighted by Gasteiger charge is -2.05. The van der Waals surface area contributed by atoms with E-state index in [4.69, 9.17) is 4.42 Å². The van der Waals surface area contributed by atoms with E-state index in [1.165, 1.54) is 6.07 Å². The van der Waals surface area contributed by atoms with Crippen LogP contribution >= 0.6 is 0 Å². The van der Waals surface area contributed by atoms with Gasteiger partial charge in [0.2, 0.25) is 5.89 Å². The zero-order valence-electron chi connectivity index (χ0n) is 10.3. The van der Waals surface area contributed by atoms with Gasteiger partial charge in [0.1, 0.15) is 5.82 Å². The Labute approximate surface area is 104 Å². The zero-order valence-corrected chi connectivity index (χ0v) is 10.3. The Morgan fingerprint density at radius 2 is 2.17 bits per heavy atom. The molecular formula is C12H15FN4O. The summed E-state index contributed by atoms with van der Waals surface area (Å²) >= 11 is 0. The second-order valence-corrected chi connectivity index (χ2v) is 3.82. The van der Waals surface area contributed by atoms with E-state index in [1.54, 1.807) is 19.1 Å². The molecule has 0 aliphatic heterocycles. The lowest BCUT2D eigenvalue weighted by Crippen LogP contribution is -2.11. The molecule has 0 saturated carbocycles. The summed E-state index contributed by atoms with van der Waals surface area (Å²) in [4.78, 5) is 0. The minimum atomic E-state index is -0.271. The first-order valence-electron chi connectivity index (χ1n) is 5.76. The standard InChI is InChI=1S/C12H15FN4O/c1-3-14-7-11-16-17-12(18-11)15-10-6-4-5-9(13)8(10)2/h4-6,14H,3,7H2,1-2H3,(H,15,17). The highest BCUT2D eigenvalue weighted by atomic mass is 19.1. The van der Waals surface area contributed by atoms with E-state index < -0.39 is 0 Å². The van der Waals surface area contributed by atoms with E-state index in [9.17, 15) is 4.39 Å². The van der Waals surface area contributed by atoms with Crippen LogP contribution in [0.15, 0.2) is 22.6 Å². The van der Waals surface area contributed by atoms with Crippen molar-refractivity contribution in [1.82, 2.24) is 15.5 Å². The van der Waals surface area contributed by atoms with E-state index in [2.05, 4.69) is 20.8 Å². The van der Waals surface area contributed by atoms with Gasteiger partial charge >= 0.3 is 6.01 Å². The summed E-state index contributed by atoms with van der Waals surface area (Å²) in [5, 5.41) is 13.7. The van der Waals surface area contributed by atoms with Crippen molar-refractivity contribution in [3.63, 3.8) is 0 Å². The molecule has 0 unspecified atom stereocenters. The summed E-state index contributed by atoms with van der Waals surface area (Å²) in [7, 11) is 0. The second-order valence-electron chi connectivity index (χ2n) is 3.82. The fourth-order valence-electron chi connectivity index (χ4n) is 1.47. The summed E-state index contributed by atoms with van der Waals surface area (Å²) in [5.74, 6) is 0.223. The van der Waals surface area contributed by atoms with Gasteiger partial charge in [-0.15, -0.1) is 5.10 Å². The van der Waals surface area contributed by atoms with Crippen LogP contribution in [0.2, 0.25) is 0 Å². The van der Waals surface area contributed by atoms with Crippen LogP contribution in [0.3, 0.4) is 0 Å². The second kappa shape index (κ2) is 5.59. The molecule has 0 amide bonds. The molecule has 0 fully saturated rings. The molecule has 0 radical (unpaired) electrons. The van der Waals surface area contributed by atoms with E-state index in [0.29, 0.717) is 23.7 Å². The van der Waals surface area contributed by atoms with Crippen LogP contribution in [-0.4, -0.2) is 16.7 Å². The Morgan fingerprint density at radius 3 is 2.94 bits per heavy atom. The van der Waals surface area contributed by atoms with Gasteiger partial charge in [0, 0.05) is 11.3 Å². The molecule has 0 spiro atoms. The van der Waals surface area contributed by atoms with E-state index >= 15 is 0 Å². The quantitative estimate of drug-likeness (QED) is 0.853. The van der Waals surface area contributed by atoms with Gasteiger partial charge in [0.15, 0.2) is 0 Å². The number of hydrogen-bond acceptors (Lipinski definition) is 5. The van der Waals surface area contributed by atoms with Crippen LogP contribution in [0.5, 0.6) is 0 Å². The molecule has 0 aliphatic rings. The van der Waals surface area contributed by atoms with Gasteiger partial charge in [0.25, 0.3) is 0 Å². The summed E-state index contributed by atoms with van der Waals surface area (Å²) < 4.78 is 18.7. The molecule has 0 saturated heterocycles. The maximum Gasteiger partial charge on any atom is 0.320 e. The van der Waals surface area contributed by atoms with Gasteiger partial charge in [-0.1, -0.05) is 18.1 Å². The molecule has 0 aliphatic carbocycles. The first kappa shape index (κ1) is 12.5. The van der Waals surface area contributed by atoms with Crippen LogP contribution in [0.4, 0.5) is 16.1 Å². The summed E-state index contributed by atoms with van der Waals surface area (Å²) in [5.41, 5.74) is 1.14. The third kappa shape index (κ3) is 2.84. The molecule has 18 heavy (non-hydrogen) atoms. The number of rotatable bonds is 5. The van der Waals surface area contributed by atoms with Crippen LogP contribution in [0.25, 0.3) is 0 Å². The monoisotopic (exact) mass is 250 g/mol. The molecule has 0 bridgehead atoms. The normalized spacial score (nSPS) is 10.6. The smallest absolute Gasteiger partial charge is 0.320 e. The Balaban J connectivity index is 2.09. The minimum absolute atomic E-state index is 0.261. The Hall–Kier alpha value is -1.95. The number of aromatic nitrogens is 2. The summed E-state index contributed by atoms with van der Waals surface area (Å²) in [6.45, 7) is 5.03. The molecule has 1 heterocycles. The highest BCUT2D eigenvalue weighted by Crippen LogP contribution is 2.21. The first-order chi connectivity index (χ1) is 8.70. The topological polar surface area (TPSA) is 63.0 Å². The lowest BCUT2D eigenvalue weighted by atomic mass is 10.2. The van der Waals surface area contributed by atoms with Crippen LogP contribution < -0.4 is 10.6 Å². The molecule has 96 valence electrons. The number of nitrogens with zero attached hydrogens (tertiary/aromatic N) is 2. The molecule has 6 heteroatoms. The number of benzene rings is 1. The third-order valence-corrected chi connectivity index (χ3v) is 2.50. The molecule has 1 aromatic heterocycles. The van der Waals surface area contributed by atoms with Crippen LogP contribution in [0.1, 0.15) is 18.4 Å². The van der Waals surface area contributed by atoms with E-state index in [0.717, 1.165) is 6.54 Å². The van der Waals surface area contributed by atoms with Crippen molar-refractivity contribution in [3.05, 3.63) is 35.5 Å². The minimum Gasteiger partial charge on any atom is -0.406 e. The van der Waals surface area contributed by atoms with Crippen molar-refractivity contribution in [1.29, 1.82) is 0 Å². The summed E-state index contributed by atoms with van der Waals surface area (Å²) in [6.07, 6.45) is 0. The van der Waals surface area contributed by atoms with Crippen molar-refractivity contribution < 1.29 is 8.81 Å². The van der Waals surface area contributed by atoms with E-state index in [-0.39, 0.29) is 11.8 Å². The van der Waals surface area contributed by atoms with Gasteiger partial charge in [-0.3, -0.25) is 0 Å². The van der Waals surface area contributed by atoms with Gasteiger partial charge in [-0.05, 0) is 25.6 Å². The van der Waals surface area contributed by atoms with Crippen LogP contribution in [-0.2, 0) is 6.54 Å². The van der Waals surface area contributed by atoms with E-state index in [1.807, 2.05) is 6.92 Å².